The molecule has 4 rings (SSSR count). The lowest BCUT2D eigenvalue weighted by Crippen LogP contribution is -2.43. The Bertz CT molecular complexity index is 1230. The van der Waals surface area contributed by atoms with E-state index in [1.165, 1.54) is 11.5 Å². The van der Waals surface area contributed by atoms with Crippen molar-refractivity contribution in [2.24, 2.45) is 5.73 Å². The van der Waals surface area contributed by atoms with Crippen molar-refractivity contribution in [2.75, 3.05) is 0 Å². The number of hydrogen-bond donors (Lipinski definition) is 3. The van der Waals surface area contributed by atoms with E-state index in [1.807, 2.05) is 0 Å². The molecule has 2 aromatic carbocycles. The highest BCUT2D eigenvalue weighted by Gasteiger charge is 2.41. The zero-order valence-electron chi connectivity index (χ0n) is 15.8. The normalized spacial score (nSPS) is 18.8. The fourth-order valence-corrected chi connectivity index (χ4v) is 3.94. The van der Waals surface area contributed by atoms with E-state index in [1.54, 1.807) is 49.4 Å². The van der Waals surface area contributed by atoms with Crippen molar-refractivity contribution in [2.45, 2.75) is 26.0 Å². The summed E-state index contributed by atoms with van der Waals surface area (Å²) in [6, 6.07) is 11.2. The number of carbonyl (C=O) groups is 2. The first-order chi connectivity index (χ1) is 13.8. The Morgan fingerprint density at radius 3 is 2.41 bits per heavy atom. The Balaban J connectivity index is 2.10. The van der Waals surface area contributed by atoms with Crippen LogP contribution < -0.4 is 16.2 Å². The van der Waals surface area contributed by atoms with Crippen LogP contribution in [0.5, 0.6) is 5.75 Å². The average molecular weight is 393 g/mol. The van der Waals surface area contributed by atoms with Crippen molar-refractivity contribution < 1.29 is 19.4 Å². The lowest BCUT2D eigenvalue weighted by molar-refractivity contribution is -0.147. The molecule has 0 saturated heterocycles. The van der Waals surface area contributed by atoms with Crippen molar-refractivity contribution in [1.29, 1.82) is 0 Å². The number of ether oxygens (including phenoxy) is 1. The van der Waals surface area contributed by atoms with Gasteiger partial charge in [0.1, 0.15) is 11.6 Å². The van der Waals surface area contributed by atoms with Gasteiger partial charge in [0.05, 0.1) is 5.52 Å². The lowest BCUT2D eigenvalue weighted by atomic mass is 9.95. The molecule has 8 heteroatoms. The van der Waals surface area contributed by atoms with Gasteiger partial charge in [0.2, 0.25) is 6.10 Å². The second-order valence-electron chi connectivity index (χ2n) is 6.98. The number of allylic oxidation sites excluding steroid dienone is 2. The van der Waals surface area contributed by atoms with Crippen LogP contribution in [0.25, 0.3) is 16.6 Å². The number of nitrogens with zero attached hydrogens (tertiary/aromatic N) is 1. The predicted molar refractivity (Wildman–Crippen MR) is 107 cm³/mol. The third-order valence-corrected chi connectivity index (χ3v) is 5.04. The highest BCUT2D eigenvalue weighted by atomic mass is 16.5. The number of aromatic amines is 1. The number of carboxylic acid groups (broad SMARTS) is 1. The van der Waals surface area contributed by atoms with Crippen molar-refractivity contribution in [1.82, 2.24) is 9.55 Å². The van der Waals surface area contributed by atoms with Crippen LogP contribution in [-0.4, -0.2) is 32.5 Å². The molecule has 0 bridgehead atoms. The fraction of sp³-hybridized carbons (Fsp3) is 0.190. The first-order valence-corrected chi connectivity index (χ1v) is 9.00. The van der Waals surface area contributed by atoms with Gasteiger partial charge >= 0.3 is 11.7 Å². The molecular formula is C21H19N3O5. The van der Waals surface area contributed by atoms with Crippen LogP contribution in [0.15, 0.2) is 53.0 Å². The highest BCUT2D eigenvalue weighted by molar-refractivity contribution is 6.22. The number of nitrogens with one attached hydrogen (secondary N) is 1. The molecule has 2 unspecified atom stereocenters. The largest absolute Gasteiger partial charge is 0.478 e. The molecule has 8 nitrogen and oxygen atoms in total. The maximum atomic E-state index is 12.8. The predicted octanol–water partition coefficient (Wildman–Crippen LogP) is 2.04. The Labute approximate surface area is 165 Å². The Morgan fingerprint density at radius 2 is 1.83 bits per heavy atom. The van der Waals surface area contributed by atoms with Gasteiger partial charge in [-0.15, -0.1) is 0 Å². The van der Waals surface area contributed by atoms with E-state index in [-0.39, 0.29) is 22.8 Å². The standard InChI is InChI=1S/C21H19N3O5/c1-10(22)15(11(2)25)13-8-9-14-17-18(13)29-19(20(26)27)16(24(17)21(28)23-14)12-6-4-3-5-7-12/h3-9,16,19H,22H2,1-2H3,(H,23,28)(H,26,27). The van der Waals surface area contributed by atoms with E-state index in [4.69, 9.17) is 10.5 Å². The lowest BCUT2D eigenvalue weighted by Gasteiger charge is -2.32. The smallest absolute Gasteiger partial charge is 0.347 e. The molecule has 148 valence electrons. The highest BCUT2D eigenvalue weighted by Crippen LogP contribution is 2.42. The summed E-state index contributed by atoms with van der Waals surface area (Å²) in [5.74, 6) is -1.36. The molecule has 1 aromatic heterocycles. The van der Waals surface area contributed by atoms with Gasteiger partial charge in [0.15, 0.2) is 11.5 Å². The zero-order chi connectivity index (χ0) is 20.9. The number of Topliss-reactive ketones (excluding diaryl/α,β-unsaturated/α-hetero) is 1. The molecular weight excluding hydrogens is 374 g/mol. The molecule has 29 heavy (non-hydrogen) atoms. The third kappa shape index (κ3) is 2.80. The van der Waals surface area contributed by atoms with E-state index < -0.39 is 23.8 Å². The summed E-state index contributed by atoms with van der Waals surface area (Å²) in [7, 11) is 0. The number of aliphatic carboxylic acids is 1. The van der Waals surface area contributed by atoms with E-state index >= 15 is 0 Å². The summed E-state index contributed by atoms with van der Waals surface area (Å²) >= 11 is 0. The number of carboxylic acids is 1. The van der Waals surface area contributed by atoms with Crippen LogP contribution >= 0.6 is 0 Å². The van der Waals surface area contributed by atoms with Crippen LogP contribution in [0.2, 0.25) is 0 Å². The van der Waals surface area contributed by atoms with Gasteiger partial charge in [-0.1, -0.05) is 30.3 Å². The summed E-state index contributed by atoms with van der Waals surface area (Å²) in [5.41, 5.74) is 7.83. The molecule has 1 aliphatic heterocycles. The molecule has 0 radical (unpaired) electrons. The molecule has 4 N–H and O–H groups in total. The van der Waals surface area contributed by atoms with E-state index in [9.17, 15) is 19.5 Å². The van der Waals surface area contributed by atoms with Crippen molar-refractivity contribution in [3.8, 4) is 5.75 Å². The van der Waals surface area contributed by atoms with Crippen LogP contribution in [0.3, 0.4) is 0 Å². The van der Waals surface area contributed by atoms with Crippen LogP contribution in [0.4, 0.5) is 0 Å². The minimum atomic E-state index is -1.37. The number of H-pyrrole nitrogens is 1. The van der Waals surface area contributed by atoms with E-state index in [2.05, 4.69) is 4.98 Å². The molecule has 0 aliphatic carbocycles. The Hall–Kier alpha value is -3.81. The molecule has 2 atom stereocenters. The number of aromatic nitrogens is 2. The van der Waals surface area contributed by atoms with Crippen molar-refractivity contribution in [3.63, 3.8) is 0 Å². The average Bonchev–Trinajstić information content (AvgIpc) is 3.01. The number of rotatable bonds is 4. The molecule has 1 aliphatic rings. The molecule has 0 saturated carbocycles. The topological polar surface area (TPSA) is 127 Å². The van der Waals surface area contributed by atoms with Gasteiger partial charge in [-0.3, -0.25) is 9.36 Å². The number of ketones is 1. The van der Waals surface area contributed by atoms with E-state index in [0.29, 0.717) is 22.2 Å². The summed E-state index contributed by atoms with van der Waals surface area (Å²) in [5, 5.41) is 9.87. The van der Waals surface area contributed by atoms with Gasteiger partial charge in [0, 0.05) is 16.8 Å². The minimum absolute atomic E-state index is 0.149. The Morgan fingerprint density at radius 1 is 1.14 bits per heavy atom. The summed E-state index contributed by atoms with van der Waals surface area (Å²) in [6.07, 6.45) is -1.37. The quantitative estimate of drug-likeness (QED) is 0.582. The maximum absolute atomic E-state index is 12.8. The van der Waals surface area contributed by atoms with Crippen LogP contribution in [-0.2, 0) is 9.59 Å². The number of hydrogen-bond acceptors (Lipinski definition) is 5. The monoisotopic (exact) mass is 393 g/mol. The van der Waals surface area contributed by atoms with Gasteiger partial charge in [-0.2, -0.15) is 0 Å². The van der Waals surface area contributed by atoms with Gasteiger partial charge in [0.25, 0.3) is 0 Å². The van der Waals surface area contributed by atoms with Gasteiger partial charge in [-0.05, 0) is 31.5 Å². The maximum Gasteiger partial charge on any atom is 0.347 e. The third-order valence-electron chi connectivity index (χ3n) is 5.04. The summed E-state index contributed by atoms with van der Waals surface area (Å²) in [6.45, 7) is 2.96. The first kappa shape index (κ1) is 18.5. The summed E-state index contributed by atoms with van der Waals surface area (Å²) < 4.78 is 7.32. The number of nitrogens with two attached hydrogens (primary N) is 1. The molecule has 2 heterocycles. The summed E-state index contributed by atoms with van der Waals surface area (Å²) in [4.78, 5) is 39.9. The van der Waals surface area contributed by atoms with Crippen LogP contribution in [0.1, 0.15) is 31.0 Å². The Kier molecular flexibility index (Phi) is 4.26. The molecule has 0 spiro atoms. The SMILES string of the molecule is CC(=O)C(=C(C)N)c1ccc2[nH]c(=O)n3c2c1OC(C(=O)O)C3c1ccccc1. The molecule has 3 aromatic rings. The minimum Gasteiger partial charge on any atom is -0.478 e. The number of carbonyl (C=O) groups excluding carboxylic acids is 1. The number of benzene rings is 2. The molecule has 0 fully saturated rings. The second-order valence-corrected chi connectivity index (χ2v) is 6.98. The fourth-order valence-electron chi connectivity index (χ4n) is 3.94. The van der Waals surface area contributed by atoms with Crippen molar-refractivity contribution in [3.05, 3.63) is 69.8 Å². The zero-order valence-corrected chi connectivity index (χ0v) is 15.8. The van der Waals surface area contributed by atoms with Crippen molar-refractivity contribution >= 4 is 28.4 Å². The van der Waals surface area contributed by atoms with Crippen LogP contribution in [0, 0.1) is 0 Å². The van der Waals surface area contributed by atoms with Gasteiger partial charge < -0.3 is 20.6 Å². The molecule has 0 amide bonds. The van der Waals surface area contributed by atoms with Gasteiger partial charge in [-0.25, -0.2) is 9.59 Å². The number of imidazole rings is 1. The second kappa shape index (κ2) is 6.66. The van der Waals surface area contributed by atoms with E-state index in [0.717, 1.165) is 0 Å². The first-order valence-electron chi connectivity index (χ1n) is 9.00.